The summed E-state index contributed by atoms with van der Waals surface area (Å²) in [7, 11) is 2.17. The number of hydrogen-bond acceptors (Lipinski definition) is 3. The molecule has 0 saturated carbocycles. The number of rotatable bonds is 4. The number of likely N-dealkylation sites (tertiary alicyclic amines) is 1. The monoisotopic (exact) mass is 304 g/mol. The fraction of sp³-hybridized carbons (Fsp3) is 0.471. The number of alkyl halides is 1. The van der Waals surface area contributed by atoms with Crippen LogP contribution in [-0.2, 0) is 5.88 Å². The van der Waals surface area contributed by atoms with Gasteiger partial charge in [-0.3, -0.25) is 0 Å². The molecule has 1 aliphatic rings. The van der Waals surface area contributed by atoms with Crippen molar-refractivity contribution in [3.63, 3.8) is 0 Å². The van der Waals surface area contributed by atoms with Crippen LogP contribution in [-0.4, -0.2) is 36.1 Å². The molecule has 112 valence electrons. The summed E-state index contributed by atoms with van der Waals surface area (Å²) in [5.41, 5.74) is 2.02. The number of nitrogens with zero attached hydrogens (tertiary/aromatic N) is 2. The van der Waals surface area contributed by atoms with Crippen LogP contribution in [0, 0.1) is 0 Å². The van der Waals surface area contributed by atoms with Gasteiger partial charge in [-0.1, -0.05) is 24.6 Å². The van der Waals surface area contributed by atoms with Crippen LogP contribution >= 0.6 is 11.6 Å². The topological polar surface area (TPSA) is 25.4 Å². The predicted octanol–water partition coefficient (Wildman–Crippen LogP) is 3.84. The highest BCUT2D eigenvalue weighted by Crippen LogP contribution is 2.24. The standard InChI is InChI=1S/C17H21ClN2O/c1-20-9-5-4-6-14(20)12-21-17-10-13(11-18)15-7-2-3-8-16(15)19-17/h2-3,7-8,10,14H,4-6,9,11-12H2,1H3. The quantitative estimate of drug-likeness (QED) is 0.803. The Morgan fingerprint density at radius 1 is 1.33 bits per heavy atom. The second kappa shape index (κ2) is 6.63. The highest BCUT2D eigenvalue weighted by molar-refractivity contribution is 6.18. The summed E-state index contributed by atoms with van der Waals surface area (Å²) in [6.07, 6.45) is 3.78. The Balaban J connectivity index is 1.77. The van der Waals surface area contributed by atoms with E-state index < -0.39 is 0 Å². The Bertz CT molecular complexity index is 617. The second-order valence-corrected chi connectivity index (χ2v) is 5.98. The molecule has 3 nitrogen and oxygen atoms in total. The predicted molar refractivity (Wildman–Crippen MR) is 87.1 cm³/mol. The van der Waals surface area contributed by atoms with Gasteiger partial charge in [-0.2, -0.15) is 0 Å². The molecule has 4 heteroatoms. The SMILES string of the molecule is CN1CCCCC1COc1cc(CCl)c2ccccc2n1. The molecular formula is C17H21ClN2O. The summed E-state index contributed by atoms with van der Waals surface area (Å²) in [5.74, 6) is 1.16. The molecule has 1 atom stereocenters. The number of para-hydroxylation sites is 1. The van der Waals surface area contributed by atoms with Gasteiger partial charge in [-0.15, -0.1) is 11.6 Å². The van der Waals surface area contributed by atoms with Gasteiger partial charge in [0.2, 0.25) is 5.88 Å². The van der Waals surface area contributed by atoms with Crippen LogP contribution in [0.4, 0.5) is 0 Å². The van der Waals surface area contributed by atoms with Crippen molar-refractivity contribution in [1.29, 1.82) is 0 Å². The first-order valence-corrected chi connectivity index (χ1v) is 8.09. The number of piperidine rings is 1. The van der Waals surface area contributed by atoms with Gasteiger partial charge in [-0.25, -0.2) is 4.98 Å². The van der Waals surface area contributed by atoms with Crippen molar-refractivity contribution in [3.05, 3.63) is 35.9 Å². The van der Waals surface area contributed by atoms with Crippen molar-refractivity contribution >= 4 is 22.5 Å². The number of ether oxygens (including phenoxy) is 1. The lowest BCUT2D eigenvalue weighted by molar-refractivity contribution is 0.123. The van der Waals surface area contributed by atoms with E-state index in [-0.39, 0.29) is 0 Å². The van der Waals surface area contributed by atoms with Gasteiger partial charge >= 0.3 is 0 Å². The molecule has 1 aromatic carbocycles. The molecule has 0 amide bonds. The van der Waals surface area contributed by atoms with Gasteiger partial charge in [0.25, 0.3) is 0 Å². The van der Waals surface area contributed by atoms with E-state index >= 15 is 0 Å². The summed E-state index contributed by atoms with van der Waals surface area (Å²) in [4.78, 5) is 6.98. The lowest BCUT2D eigenvalue weighted by Gasteiger charge is -2.32. The maximum absolute atomic E-state index is 6.06. The minimum absolute atomic E-state index is 0.475. The van der Waals surface area contributed by atoms with E-state index in [1.165, 1.54) is 19.3 Å². The number of benzene rings is 1. The third-order valence-corrected chi connectivity index (χ3v) is 4.56. The number of aromatic nitrogens is 1. The molecule has 0 N–H and O–H groups in total. The lowest BCUT2D eigenvalue weighted by atomic mass is 10.0. The van der Waals surface area contributed by atoms with Crippen LogP contribution in [0.15, 0.2) is 30.3 Å². The van der Waals surface area contributed by atoms with Crippen LogP contribution in [0.2, 0.25) is 0 Å². The molecule has 21 heavy (non-hydrogen) atoms. The van der Waals surface area contributed by atoms with E-state index in [0.717, 1.165) is 23.0 Å². The van der Waals surface area contributed by atoms with Crippen molar-refractivity contribution in [2.75, 3.05) is 20.2 Å². The molecule has 0 bridgehead atoms. The second-order valence-electron chi connectivity index (χ2n) is 5.71. The fourth-order valence-electron chi connectivity index (χ4n) is 2.94. The highest BCUT2D eigenvalue weighted by Gasteiger charge is 2.19. The van der Waals surface area contributed by atoms with Crippen LogP contribution in [0.25, 0.3) is 10.9 Å². The first kappa shape index (κ1) is 14.6. The average Bonchev–Trinajstić information content (AvgIpc) is 2.53. The van der Waals surface area contributed by atoms with Gasteiger partial charge in [0.15, 0.2) is 0 Å². The van der Waals surface area contributed by atoms with E-state index in [0.29, 0.717) is 24.4 Å². The van der Waals surface area contributed by atoms with Gasteiger partial charge in [0, 0.05) is 23.4 Å². The van der Waals surface area contributed by atoms with Gasteiger partial charge in [0.05, 0.1) is 5.52 Å². The zero-order valence-electron chi connectivity index (χ0n) is 12.4. The van der Waals surface area contributed by atoms with E-state index in [4.69, 9.17) is 16.3 Å². The Labute approximate surface area is 130 Å². The van der Waals surface area contributed by atoms with Gasteiger partial charge in [-0.05, 0) is 38.1 Å². The van der Waals surface area contributed by atoms with E-state index in [2.05, 4.69) is 23.0 Å². The molecule has 2 heterocycles. The van der Waals surface area contributed by atoms with Crippen molar-refractivity contribution in [2.45, 2.75) is 31.2 Å². The molecule has 0 spiro atoms. The molecule has 0 aliphatic carbocycles. The molecule has 0 radical (unpaired) electrons. The molecule has 2 aromatic rings. The van der Waals surface area contributed by atoms with Crippen molar-refractivity contribution in [3.8, 4) is 5.88 Å². The van der Waals surface area contributed by atoms with Crippen LogP contribution in [0.5, 0.6) is 5.88 Å². The zero-order valence-corrected chi connectivity index (χ0v) is 13.1. The summed E-state index contributed by atoms with van der Waals surface area (Å²) in [6, 6.07) is 10.5. The highest BCUT2D eigenvalue weighted by atomic mass is 35.5. The first-order valence-electron chi connectivity index (χ1n) is 7.55. The Morgan fingerprint density at radius 3 is 3.00 bits per heavy atom. The lowest BCUT2D eigenvalue weighted by Crippen LogP contribution is -2.40. The normalized spacial score (nSPS) is 19.8. The van der Waals surface area contributed by atoms with E-state index in [1.54, 1.807) is 0 Å². The minimum Gasteiger partial charge on any atom is -0.476 e. The number of pyridine rings is 1. The molecule has 3 rings (SSSR count). The summed E-state index contributed by atoms with van der Waals surface area (Å²) >= 11 is 6.06. The maximum Gasteiger partial charge on any atom is 0.214 e. The van der Waals surface area contributed by atoms with Crippen LogP contribution in [0.1, 0.15) is 24.8 Å². The number of hydrogen-bond donors (Lipinski definition) is 0. The molecule has 1 fully saturated rings. The number of likely N-dealkylation sites (N-methyl/N-ethyl adjacent to an activating group) is 1. The third-order valence-electron chi connectivity index (χ3n) is 4.27. The molecule has 1 aliphatic heterocycles. The maximum atomic E-state index is 6.06. The Morgan fingerprint density at radius 2 is 2.19 bits per heavy atom. The molecular weight excluding hydrogens is 284 g/mol. The van der Waals surface area contributed by atoms with E-state index in [9.17, 15) is 0 Å². The summed E-state index contributed by atoms with van der Waals surface area (Å²) in [5, 5.41) is 1.11. The van der Waals surface area contributed by atoms with Crippen molar-refractivity contribution < 1.29 is 4.74 Å². The smallest absolute Gasteiger partial charge is 0.214 e. The van der Waals surface area contributed by atoms with Crippen molar-refractivity contribution in [1.82, 2.24) is 9.88 Å². The van der Waals surface area contributed by atoms with Crippen LogP contribution in [0.3, 0.4) is 0 Å². The van der Waals surface area contributed by atoms with E-state index in [1.807, 2.05) is 24.3 Å². The fourth-order valence-corrected chi connectivity index (χ4v) is 3.16. The third kappa shape index (κ3) is 3.30. The first-order chi connectivity index (χ1) is 10.3. The summed E-state index contributed by atoms with van der Waals surface area (Å²) < 4.78 is 5.96. The largest absolute Gasteiger partial charge is 0.476 e. The number of halogens is 1. The average molecular weight is 305 g/mol. The Kier molecular flexibility index (Phi) is 4.61. The van der Waals surface area contributed by atoms with Crippen molar-refractivity contribution in [2.24, 2.45) is 0 Å². The number of fused-ring (bicyclic) bond motifs is 1. The Hall–Kier alpha value is -1.32. The summed E-state index contributed by atoms with van der Waals surface area (Å²) in [6.45, 7) is 1.86. The minimum atomic E-state index is 0.475. The molecule has 1 unspecified atom stereocenters. The van der Waals surface area contributed by atoms with Gasteiger partial charge in [0.1, 0.15) is 6.61 Å². The van der Waals surface area contributed by atoms with Gasteiger partial charge < -0.3 is 9.64 Å². The molecule has 1 aromatic heterocycles. The van der Waals surface area contributed by atoms with Crippen LogP contribution < -0.4 is 4.74 Å². The zero-order chi connectivity index (χ0) is 14.7. The molecule has 1 saturated heterocycles.